The summed E-state index contributed by atoms with van der Waals surface area (Å²) in [4.78, 5) is 21.5. The normalized spacial score (nSPS) is 21.5. The predicted octanol–water partition coefficient (Wildman–Crippen LogP) is 1.65. The Bertz CT molecular complexity index is 691. The first kappa shape index (κ1) is 17.6. The number of hydrogen-bond donors (Lipinski definition) is 1. The molecule has 0 radical (unpaired) electrons. The fourth-order valence-corrected chi connectivity index (χ4v) is 3.51. The van der Waals surface area contributed by atoms with Gasteiger partial charge in [-0.25, -0.2) is 0 Å². The Labute approximate surface area is 148 Å². The van der Waals surface area contributed by atoms with Crippen LogP contribution in [0.15, 0.2) is 30.7 Å². The van der Waals surface area contributed by atoms with Crippen LogP contribution in [0.25, 0.3) is 11.3 Å². The number of hydrogen-bond acceptors (Lipinski definition) is 5. The number of piperazine rings is 1. The van der Waals surface area contributed by atoms with Crippen molar-refractivity contribution in [2.75, 3.05) is 33.4 Å². The van der Waals surface area contributed by atoms with Crippen molar-refractivity contribution >= 4 is 5.91 Å². The fraction of sp³-hybridized carbons (Fsp3) is 0.500. The van der Waals surface area contributed by atoms with Gasteiger partial charge in [0.05, 0.1) is 24.1 Å². The highest BCUT2D eigenvalue weighted by molar-refractivity contribution is 5.99. The average Bonchev–Trinajstić information content (AvgIpc) is 3.10. The Morgan fingerprint density at radius 1 is 1.32 bits per heavy atom. The highest BCUT2D eigenvalue weighted by Gasteiger charge is 2.33. The van der Waals surface area contributed by atoms with E-state index in [1.807, 2.05) is 17.0 Å². The number of nitrogens with one attached hydrogen (secondary N) is 1. The van der Waals surface area contributed by atoms with Crippen LogP contribution in [0, 0.1) is 0 Å². The highest BCUT2D eigenvalue weighted by Crippen LogP contribution is 2.23. The summed E-state index contributed by atoms with van der Waals surface area (Å²) >= 11 is 0. The molecule has 0 aliphatic carbocycles. The van der Waals surface area contributed by atoms with Crippen molar-refractivity contribution in [1.82, 2.24) is 25.0 Å². The molecule has 2 aromatic rings. The second kappa shape index (κ2) is 7.76. The van der Waals surface area contributed by atoms with Gasteiger partial charge >= 0.3 is 0 Å². The van der Waals surface area contributed by atoms with E-state index in [4.69, 9.17) is 4.74 Å². The molecule has 3 heterocycles. The van der Waals surface area contributed by atoms with Gasteiger partial charge in [-0.05, 0) is 26.0 Å². The van der Waals surface area contributed by atoms with Crippen molar-refractivity contribution in [3.05, 3.63) is 36.3 Å². The quantitative estimate of drug-likeness (QED) is 0.894. The molecule has 0 saturated carbocycles. The third kappa shape index (κ3) is 3.72. The van der Waals surface area contributed by atoms with Crippen molar-refractivity contribution in [3.8, 4) is 11.3 Å². The van der Waals surface area contributed by atoms with Gasteiger partial charge in [0, 0.05) is 56.8 Å². The summed E-state index contributed by atoms with van der Waals surface area (Å²) in [6.45, 7) is 7.30. The lowest BCUT2D eigenvalue weighted by Gasteiger charge is -2.44. The van der Waals surface area contributed by atoms with Gasteiger partial charge in [-0.2, -0.15) is 5.10 Å². The van der Waals surface area contributed by atoms with Gasteiger partial charge in [0.25, 0.3) is 5.91 Å². The number of aromatic amines is 1. The number of ether oxygens (including phenoxy) is 1. The van der Waals surface area contributed by atoms with Crippen LogP contribution in [0.4, 0.5) is 0 Å². The standard InChI is InChI=1S/C18H25N5O2/c1-13-11-22(12-14(2)23(13)7-8-25-3)18(24)16-10-20-21-17(16)15-5-4-6-19-9-15/h4-6,9-10,13-14H,7-8,11-12H2,1-3H3,(H,20,21)/t13-,14-/m0/s1. The summed E-state index contributed by atoms with van der Waals surface area (Å²) in [6, 6.07) is 4.35. The molecule has 0 spiro atoms. The van der Waals surface area contributed by atoms with E-state index < -0.39 is 0 Å². The van der Waals surface area contributed by atoms with Gasteiger partial charge in [0.15, 0.2) is 0 Å². The molecule has 1 aliphatic heterocycles. The van der Waals surface area contributed by atoms with E-state index in [-0.39, 0.29) is 18.0 Å². The minimum absolute atomic E-state index is 0.0118. The summed E-state index contributed by atoms with van der Waals surface area (Å²) in [7, 11) is 1.72. The Balaban J connectivity index is 1.76. The lowest BCUT2D eigenvalue weighted by atomic mass is 10.1. The average molecular weight is 343 g/mol. The molecule has 7 nitrogen and oxygen atoms in total. The maximum Gasteiger partial charge on any atom is 0.257 e. The van der Waals surface area contributed by atoms with E-state index in [1.54, 1.807) is 25.7 Å². The van der Waals surface area contributed by atoms with Gasteiger partial charge in [-0.1, -0.05) is 0 Å². The molecule has 1 aliphatic rings. The molecule has 3 rings (SSSR count). The van der Waals surface area contributed by atoms with Gasteiger partial charge in [0.1, 0.15) is 0 Å². The van der Waals surface area contributed by atoms with Crippen LogP contribution in [0.5, 0.6) is 0 Å². The number of amides is 1. The Kier molecular flexibility index (Phi) is 5.45. The lowest BCUT2D eigenvalue weighted by Crippen LogP contribution is -2.58. The van der Waals surface area contributed by atoms with Crippen LogP contribution < -0.4 is 0 Å². The van der Waals surface area contributed by atoms with Crippen LogP contribution in [-0.2, 0) is 4.74 Å². The van der Waals surface area contributed by atoms with Crippen LogP contribution in [0.3, 0.4) is 0 Å². The molecule has 2 aromatic heterocycles. The first-order valence-corrected chi connectivity index (χ1v) is 8.59. The fourth-order valence-electron chi connectivity index (χ4n) is 3.51. The zero-order chi connectivity index (χ0) is 17.8. The van der Waals surface area contributed by atoms with Crippen LogP contribution in [-0.4, -0.2) is 76.3 Å². The third-order valence-electron chi connectivity index (χ3n) is 4.76. The molecule has 134 valence electrons. The summed E-state index contributed by atoms with van der Waals surface area (Å²) < 4.78 is 5.20. The second-order valence-corrected chi connectivity index (χ2v) is 6.54. The van der Waals surface area contributed by atoms with Gasteiger partial charge in [0.2, 0.25) is 0 Å². The second-order valence-electron chi connectivity index (χ2n) is 6.54. The molecule has 0 aromatic carbocycles. The van der Waals surface area contributed by atoms with Gasteiger partial charge in [-0.15, -0.1) is 0 Å². The van der Waals surface area contributed by atoms with Crippen LogP contribution in [0.1, 0.15) is 24.2 Å². The molecular formula is C18H25N5O2. The Hall–Kier alpha value is -2.25. The smallest absolute Gasteiger partial charge is 0.257 e. The molecule has 1 fully saturated rings. The molecular weight excluding hydrogens is 318 g/mol. The monoisotopic (exact) mass is 343 g/mol. The number of methoxy groups -OCH3 is 1. The zero-order valence-corrected chi connectivity index (χ0v) is 15.0. The first-order chi connectivity index (χ1) is 12.1. The van der Waals surface area contributed by atoms with Crippen LogP contribution >= 0.6 is 0 Å². The molecule has 25 heavy (non-hydrogen) atoms. The van der Waals surface area contributed by atoms with Crippen LogP contribution in [0.2, 0.25) is 0 Å². The highest BCUT2D eigenvalue weighted by atomic mass is 16.5. The van der Waals surface area contributed by atoms with Crippen molar-refractivity contribution in [3.63, 3.8) is 0 Å². The molecule has 1 N–H and O–H groups in total. The van der Waals surface area contributed by atoms with E-state index in [0.717, 1.165) is 17.8 Å². The van der Waals surface area contributed by atoms with E-state index in [0.29, 0.717) is 25.3 Å². The van der Waals surface area contributed by atoms with E-state index >= 15 is 0 Å². The number of carbonyl (C=O) groups is 1. The van der Waals surface area contributed by atoms with Crippen molar-refractivity contribution < 1.29 is 9.53 Å². The summed E-state index contributed by atoms with van der Waals surface area (Å²) in [5.74, 6) is 0.0118. The summed E-state index contributed by atoms with van der Waals surface area (Å²) in [6.07, 6.45) is 5.06. The van der Waals surface area contributed by atoms with Crippen molar-refractivity contribution in [1.29, 1.82) is 0 Å². The minimum atomic E-state index is 0.0118. The third-order valence-corrected chi connectivity index (χ3v) is 4.76. The lowest BCUT2D eigenvalue weighted by molar-refractivity contribution is 0.0194. The number of carbonyl (C=O) groups excluding carboxylic acids is 1. The summed E-state index contributed by atoms with van der Waals surface area (Å²) in [5.41, 5.74) is 2.18. The molecule has 1 saturated heterocycles. The zero-order valence-electron chi connectivity index (χ0n) is 15.0. The summed E-state index contributed by atoms with van der Waals surface area (Å²) in [5, 5.41) is 7.02. The maximum absolute atomic E-state index is 13.1. The largest absolute Gasteiger partial charge is 0.383 e. The number of nitrogens with zero attached hydrogens (tertiary/aromatic N) is 4. The van der Waals surface area contributed by atoms with E-state index in [2.05, 4.69) is 33.9 Å². The first-order valence-electron chi connectivity index (χ1n) is 8.59. The Morgan fingerprint density at radius 3 is 2.72 bits per heavy atom. The molecule has 7 heteroatoms. The van der Waals surface area contributed by atoms with E-state index in [9.17, 15) is 4.79 Å². The molecule has 1 amide bonds. The van der Waals surface area contributed by atoms with Gasteiger partial charge in [-0.3, -0.25) is 19.8 Å². The minimum Gasteiger partial charge on any atom is -0.383 e. The number of rotatable bonds is 5. The van der Waals surface area contributed by atoms with Crippen molar-refractivity contribution in [2.24, 2.45) is 0 Å². The van der Waals surface area contributed by atoms with Crippen molar-refractivity contribution in [2.45, 2.75) is 25.9 Å². The Morgan fingerprint density at radius 2 is 2.08 bits per heavy atom. The number of H-pyrrole nitrogens is 1. The number of pyridine rings is 1. The van der Waals surface area contributed by atoms with Gasteiger partial charge < -0.3 is 9.64 Å². The maximum atomic E-state index is 13.1. The SMILES string of the molecule is COCCN1[C@@H](C)CN(C(=O)c2cn[nH]c2-c2cccnc2)C[C@@H]1C. The molecule has 0 unspecified atom stereocenters. The van der Waals surface area contributed by atoms with E-state index in [1.165, 1.54) is 0 Å². The molecule has 2 atom stereocenters. The number of aromatic nitrogens is 3. The predicted molar refractivity (Wildman–Crippen MR) is 95.2 cm³/mol. The molecule has 0 bridgehead atoms. The topological polar surface area (TPSA) is 74.3 Å².